The van der Waals surface area contributed by atoms with Crippen LogP contribution < -0.4 is 10.1 Å². The van der Waals surface area contributed by atoms with E-state index in [4.69, 9.17) is 16.3 Å². The monoisotopic (exact) mass is 352 g/mol. The predicted octanol–water partition coefficient (Wildman–Crippen LogP) is 4.59. The van der Waals surface area contributed by atoms with Gasteiger partial charge in [0.1, 0.15) is 5.75 Å². The number of halogens is 1. The van der Waals surface area contributed by atoms with Crippen LogP contribution in [0.3, 0.4) is 0 Å². The molecule has 0 saturated heterocycles. The van der Waals surface area contributed by atoms with Gasteiger partial charge in [-0.25, -0.2) is 4.98 Å². The molecule has 0 atom stereocenters. The zero-order valence-corrected chi connectivity index (χ0v) is 14.1. The minimum atomic E-state index is -0.0458. The summed E-state index contributed by atoms with van der Waals surface area (Å²) in [5, 5.41) is 6.05. The number of carbonyl (C=O) groups excluding carboxylic acids is 1. The van der Waals surface area contributed by atoms with E-state index in [9.17, 15) is 4.79 Å². The molecule has 0 fully saturated rings. The lowest BCUT2D eigenvalue weighted by atomic mass is 10.2. The quantitative estimate of drug-likeness (QED) is 0.730. The fourth-order valence-corrected chi connectivity index (χ4v) is 3.98. The van der Waals surface area contributed by atoms with Crippen molar-refractivity contribution < 1.29 is 9.53 Å². The summed E-state index contributed by atoms with van der Waals surface area (Å²) in [7, 11) is 1.63. The van der Waals surface area contributed by atoms with Crippen LogP contribution in [-0.4, -0.2) is 18.0 Å². The largest absolute Gasteiger partial charge is 0.497 e. The zero-order valence-electron chi connectivity index (χ0n) is 11.8. The van der Waals surface area contributed by atoms with Crippen molar-refractivity contribution in [3.8, 4) is 5.75 Å². The molecule has 0 spiro atoms. The number of anilines is 1. The maximum atomic E-state index is 12.0. The lowest BCUT2D eigenvalue weighted by Crippen LogP contribution is -2.11. The van der Waals surface area contributed by atoms with Crippen molar-refractivity contribution >= 4 is 55.5 Å². The minimum absolute atomic E-state index is 0.0458. The molecule has 1 N–H and O–H groups in total. The van der Waals surface area contributed by atoms with E-state index >= 15 is 0 Å². The van der Waals surface area contributed by atoms with Crippen LogP contribution in [0.1, 0.15) is 11.3 Å². The highest BCUT2D eigenvalue weighted by molar-refractivity contribution is 7.22. The summed E-state index contributed by atoms with van der Waals surface area (Å²) in [5.41, 5.74) is 0.853. The number of benzene rings is 1. The van der Waals surface area contributed by atoms with Crippen LogP contribution in [0.2, 0.25) is 5.02 Å². The van der Waals surface area contributed by atoms with Crippen molar-refractivity contribution in [2.75, 3.05) is 12.4 Å². The summed E-state index contributed by atoms with van der Waals surface area (Å²) in [6.45, 7) is 0. The van der Waals surface area contributed by atoms with Crippen molar-refractivity contribution in [1.82, 2.24) is 4.98 Å². The molecule has 0 aliphatic rings. The number of thiazole rings is 1. The lowest BCUT2D eigenvalue weighted by molar-refractivity contribution is -0.116. The number of nitrogens with one attached hydrogen (secondary N) is 1. The van der Waals surface area contributed by atoms with E-state index in [0.717, 1.165) is 25.9 Å². The first-order valence-corrected chi connectivity index (χ1v) is 8.69. The molecule has 4 nitrogen and oxygen atoms in total. The first kappa shape index (κ1) is 15.3. The number of carbonyl (C=O) groups is 1. The standard InChI is InChI=1S/C15H13ClN2O2S2/c1-20-10-2-4-12-13(7-10)22-15(17-12)18-14(19)5-3-11-6-9(16)8-21-11/h2,4,6-8H,3,5H2,1H3,(H,17,18,19). The fraction of sp³-hybridized carbons (Fsp3) is 0.200. The molecule has 2 aromatic heterocycles. The number of fused-ring (bicyclic) bond motifs is 1. The second-order valence-corrected chi connectivity index (χ2v) is 7.09. The van der Waals surface area contributed by atoms with E-state index in [1.807, 2.05) is 29.6 Å². The zero-order chi connectivity index (χ0) is 15.5. The van der Waals surface area contributed by atoms with Crippen molar-refractivity contribution in [3.05, 3.63) is 39.5 Å². The van der Waals surface area contributed by atoms with Crippen LogP contribution in [0.25, 0.3) is 10.2 Å². The van der Waals surface area contributed by atoms with Crippen LogP contribution in [0.15, 0.2) is 29.6 Å². The number of nitrogens with zero attached hydrogens (tertiary/aromatic N) is 1. The molecule has 3 aromatic rings. The second-order valence-electron chi connectivity index (χ2n) is 4.63. The maximum Gasteiger partial charge on any atom is 0.226 e. The van der Waals surface area contributed by atoms with Gasteiger partial charge in [0, 0.05) is 16.7 Å². The molecule has 3 rings (SSSR count). The first-order valence-electron chi connectivity index (χ1n) is 6.61. The summed E-state index contributed by atoms with van der Waals surface area (Å²) in [5.74, 6) is 0.735. The Balaban J connectivity index is 1.63. The Morgan fingerprint density at radius 3 is 3.00 bits per heavy atom. The molecule has 0 saturated carbocycles. The molecule has 0 radical (unpaired) electrons. The highest BCUT2D eigenvalue weighted by Crippen LogP contribution is 2.29. The molecule has 0 bridgehead atoms. The Hall–Kier alpha value is -1.63. The topological polar surface area (TPSA) is 51.2 Å². The van der Waals surface area contributed by atoms with E-state index < -0.39 is 0 Å². The number of rotatable bonds is 5. The number of aromatic nitrogens is 1. The van der Waals surface area contributed by atoms with Gasteiger partial charge in [0.25, 0.3) is 0 Å². The van der Waals surface area contributed by atoms with Gasteiger partial charge in [0.2, 0.25) is 5.91 Å². The number of hydrogen-bond acceptors (Lipinski definition) is 5. The van der Waals surface area contributed by atoms with Crippen molar-refractivity contribution in [2.45, 2.75) is 12.8 Å². The van der Waals surface area contributed by atoms with Gasteiger partial charge in [-0.2, -0.15) is 0 Å². The van der Waals surface area contributed by atoms with Crippen LogP contribution in [-0.2, 0) is 11.2 Å². The molecular formula is C15H13ClN2O2S2. The van der Waals surface area contributed by atoms with Gasteiger partial charge in [-0.15, -0.1) is 11.3 Å². The normalized spacial score (nSPS) is 10.8. The van der Waals surface area contributed by atoms with Crippen molar-refractivity contribution in [1.29, 1.82) is 0 Å². The number of methoxy groups -OCH3 is 1. The molecule has 0 aliphatic carbocycles. The van der Waals surface area contributed by atoms with Gasteiger partial charge in [-0.1, -0.05) is 22.9 Å². The second kappa shape index (κ2) is 6.64. The summed E-state index contributed by atoms with van der Waals surface area (Å²) in [4.78, 5) is 17.5. The van der Waals surface area contributed by atoms with Crippen LogP contribution in [0.4, 0.5) is 5.13 Å². The van der Waals surface area contributed by atoms with E-state index in [2.05, 4.69) is 10.3 Å². The van der Waals surface area contributed by atoms with Gasteiger partial charge in [0.05, 0.1) is 22.3 Å². The van der Waals surface area contributed by atoms with E-state index in [-0.39, 0.29) is 5.91 Å². The number of aryl methyl sites for hydroxylation is 1. The summed E-state index contributed by atoms with van der Waals surface area (Å²) in [6, 6.07) is 7.54. The van der Waals surface area contributed by atoms with Crippen molar-refractivity contribution in [2.24, 2.45) is 0 Å². The lowest BCUT2D eigenvalue weighted by Gasteiger charge is -1.99. The number of hydrogen-bond donors (Lipinski definition) is 1. The fourth-order valence-electron chi connectivity index (χ4n) is 1.99. The highest BCUT2D eigenvalue weighted by atomic mass is 35.5. The van der Waals surface area contributed by atoms with Gasteiger partial charge < -0.3 is 10.1 Å². The molecule has 1 amide bonds. The Kier molecular flexibility index (Phi) is 4.61. The average molecular weight is 353 g/mol. The number of amides is 1. The van der Waals surface area contributed by atoms with E-state index in [1.54, 1.807) is 18.4 Å². The third kappa shape index (κ3) is 3.58. The van der Waals surface area contributed by atoms with Crippen molar-refractivity contribution in [3.63, 3.8) is 0 Å². The third-order valence-electron chi connectivity index (χ3n) is 3.06. The van der Waals surface area contributed by atoms with Crippen LogP contribution >= 0.6 is 34.3 Å². The van der Waals surface area contributed by atoms with E-state index in [1.165, 1.54) is 11.3 Å². The predicted molar refractivity (Wildman–Crippen MR) is 92.5 cm³/mol. The molecule has 0 aliphatic heterocycles. The van der Waals surface area contributed by atoms with Crippen LogP contribution in [0.5, 0.6) is 5.75 Å². The Labute approximate surface area is 140 Å². The molecule has 7 heteroatoms. The molecular weight excluding hydrogens is 340 g/mol. The maximum absolute atomic E-state index is 12.0. The molecule has 2 heterocycles. The Bertz CT molecular complexity index is 813. The number of thiophene rings is 1. The molecule has 1 aromatic carbocycles. The first-order chi connectivity index (χ1) is 10.6. The molecule has 0 unspecified atom stereocenters. The average Bonchev–Trinajstić information content (AvgIpc) is 3.09. The number of ether oxygens (including phenoxy) is 1. The van der Waals surface area contributed by atoms with E-state index in [0.29, 0.717) is 18.0 Å². The molecule has 22 heavy (non-hydrogen) atoms. The minimum Gasteiger partial charge on any atom is -0.497 e. The van der Waals surface area contributed by atoms with Gasteiger partial charge in [-0.3, -0.25) is 4.79 Å². The third-order valence-corrected chi connectivity index (χ3v) is 5.34. The van der Waals surface area contributed by atoms with Gasteiger partial charge >= 0.3 is 0 Å². The smallest absolute Gasteiger partial charge is 0.226 e. The Morgan fingerprint density at radius 1 is 1.41 bits per heavy atom. The summed E-state index contributed by atoms with van der Waals surface area (Å²) >= 11 is 8.87. The SMILES string of the molecule is COc1ccc2nc(NC(=O)CCc3cc(Cl)cs3)sc2c1. The van der Waals surface area contributed by atoms with Gasteiger partial charge in [-0.05, 0) is 30.7 Å². The highest BCUT2D eigenvalue weighted by Gasteiger charge is 2.09. The summed E-state index contributed by atoms with van der Waals surface area (Å²) in [6.07, 6.45) is 1.10. The molecule has 114 valence electrons. The van der Waals surface area contributed by atoms with Crippen LogP contribution in [0, 0.1) is 0 Å². The summed E-state index contributed by atoms with van der Waals surface area (Å²) < 4.78 is 6.17. The van der Waals surface area contributed by atoms with Gasteiger partial charge in [0.15, 0.2) is 5.13 Å². The Morgan fingerprint density at radius 2 is 2.27 bits per heavy atom.